The van der Waals surface area contributed by atoms with Crippen LogP contribution in [0.3, 0.4) is 0 Å². The Kier molecular flexibility index (Phi) is 6.53. The number of nitrogens with zero attached hydrogens (tertiary/aromatic N) is 8. The van der Waals surface area contributed by atoms with Crippen molar-refractivity contribution in [2.75, 3.05) is 52.0 Å². The number of carbonyl (C=O) groups is 1. The second kappa shape index (κ2) is 10.0. The molecule has 4 aromatic heterocycles. The van der Waals surface area contributed by atoms with Crippen molar-refractivity contribution in [3.8, 4) is 17.1 Å². The molecule has 2 N–H and O–H groups in total. The number of likely N-dealkylation sites (tertiary alicyclic amines) is 1. The smallest absolute Gasteiger partial charge is 0.383 e. The van der Waals surface area contributed by atoms with E-state index in [-0.39, 0.29) is 28.9 Å². The maximum absolute atomic E-state index is 13.5. The number of aromatic nitrogens is 5. The van der Waals surface area contributed by atoms with E-state index in [0.717, 1.165) is 44.4 Å². The van der Waals surface area contributed by atoms with E-state index in [9.17, 15) is 18.0 Å². The van der Waals surface area contributed by atoms with Gasteiger partial charge in [0, 0.05) is 57.1 Å². The number of halogens is 3. The summed E-state index contributed by atoms with van der Waals surface area (Å²) in [6.07, 6.45) is -0.705. The topological polar surface area (TPSA) is 109 Å². The summed E-state index contributed by atoms with van der Waals surface area (Å²) in [4.78, 5) is 36.2. The van der Waals surface area contributed by atoms with Crippen LogP contribution in [0.15, 0.2) is 48.8 Å². The Bertz CT molecular complexity index is 1550. The minimum Gasteiger partial charge on any atom is -0.383 e. The quantitative estimate of drug-likeness (QED) is 0.414. The van der Waals surface area contributed by atoms with Gasteiger partial charge in [-0.3, -0.25) is 9.55 Å². The SMILES string of the molecule is CN1CCN(C(=O)N2CCC(c3ccc(-n4c(-c5cccnc5N)nc5ccc(C(F)(F)F)nc54)cn3)C2)CC1. The van der Waals surface area contributed by atoms with Crippen LogP contribution >= 0.6 is 0 Å². The zero-order chi connectivity index (χ0) is 28.0. The van der Waals surface area contributed by atoms with Crippen LogP contribution in [0.5, 0.6) is 0 Å². The van der Waals surface area contributed by atoms with Crippen molar-refractivity contribution in [2.45, 2.75) is 18.5 Å². The van der Waals surface area contributed by atoms with Crippen LogP contribution in [0.2, 0.25) is 0 Å². The Morgan fingerprint density at radius 2 is 1.77 bits per heavy atom. The summed E-state index contributed by atoms with van der Waals surface area (Å²) in [5.41, 5.74) is 7.17. The number of amides is 2. The largest absolute Gasteiger partial charge is 0.433 e. The average Bonchev–Trinajstić information content (AvgIpc) is 3.58. The fourth-order valence-corrected chi connectivity index (χ4v) is 5.29. The van der Waals surface area contributed by atoms with Gasteiger partial charge >= 0.3 is 12.2 Å². The van der Waals surface area contributed by atoms with Gasteiger partial charge in [0.25, 0.3) is 0 Å². The molecule has 2 amide bonds. The molecule has 0 saturated carbocycles. The van der Waals surface area contributed by atoms with Gasteiger partial charge in [-0.2, -0.15) is 13.2 Å². The van der Waals surface area contributed by atoms with Gasteiger partial charge in [-0.1, -0.05) is 0 Å². The monoisotopic (exact) mass is 551 g/mol. The number of urea groups is 1. The standard InChI is InChI=1S/C27H28F3N9O/c1-36-11-13-37(14-12-36)26(40)38-10-8-17(16-38)20-5-4-18(15-33-20)39-24(19-3-2-9-32-23(19)31)34-21-6-7-22(27(28,29)30)35-25(21)39/h2-7,9,15,17H,8,10-14,16H2,1H3,(H2,31,32). The third-order valence-electron chi connectivity index (χ3n) is 7.55. The Morgan fingerprint density at radius 3 is 2.48 bits per heavy atom. The number of fused-ring (bicyclic) bond motifs is 1. The highest BCUT2D eigenvalue weighted by molar-refractivity contribution is 5.82. The molecule has 0 radical (unpaired) electrons. The van der Waals surface area contributed by atoms with E-state index < -0.39 is 11.9 Å². The van der Waals surface area contributed by atoms with Crippen molar-refractivity contribution in [1.29, 1.82) is 0 Å². The number of nitrogens with two attached hydrogens (primary N) is 1. The van der Waals surface area contributed by atoms with Crippen LogP contribution < -0.4 is 5.73 Å². The highest BCUT2D eigenvalue weighted by Gasteiger charge is 2.34. The third-order valence-corrected chi connectivity index (χ3v) is 7.55. The van der Waals surface area contributed by atoms with E-state index in [1.807, 2.05) is 15.9 Å². The Morgan fingerprint density at radius 1 is 0.975 bits per heavy atom. The van der Waals surface area contributed by atoms with Gasteiger partial charge in [-0.15, -0.1) is 0 Å². The molecule has 0 aliphatic carbocycles. The predicted octanol–water partition coefficient (Wildman–Crippen LogP) is 3.64. The van der Waals surface area contributed by atoms with Crippen LogP contribution in [0, 0.1) is 0 Å². The zero-order valence-electron chi connectivity index (χ0n) is 21.8. The third kappa shape index (κ3) is 4.81. The fourth-order valence-electron chi connectivity index (χ4n) is 5.29. The second-order valence-corrected chi connectivity index (χ2v) is 10.2. The number of anilines is 1. The first-order chi connectivity index (χ1) is 19.2. The maximum Gasteiger partial charge on any atom is 0.433 e. The van der Waals surface area contributed by atoms with E-state index in [2.05, 4.69) is 31.9 Å². The molecule has 6 rings (SSSR count). The molecule has 2 fully saturated rings. The predicted molar refractivity (Wildman–Crippen MR) is 143 cm³/mol. The van der Waals surface area contributed by atoms with Crippen molar-refractivity contribution in [1.82, 2.24) is 39.2 Å². The molecule has 13 heteroatoms. The molecule has 2 saturated heterocycles. The van der Waals surface area contributed by atoms with Crippen LogP contribution in [-0.4, -0.2) is 91.6 Å². The lowest BCUT2D eigenvalue weighted by Gasteiger charge is -2.35. The van der Waals surface area contributed by atoms with Crippen molar-refractivity contribution in [3.63, 3.8) is 0 Å². The Labute approximate surface area is 228 Å². The minimum absolute atomic E-state index is 0.0347. The summed E-state index contributed by atoms with van der Waals surface area (Å²) in [7, 11) is 2.05. The summed E-state index contributed by atoms with van der Waals surface area (Å²) < 4.78 is 42.1. The molecule has 0 bridgehead atoms. The molecule has 2 aliphatic rings. The first-order valence-corrected chi connectivity index (χ1v) is 13.1. The number of nitrogen functional groups attached to an aromatic ring is 1. The van der Waals surface area contributed by atoms with E-state index in [1.54, 1.807) is 24.4 Å². The van der Waals surface area contributed by atoms with Crippen molar-refractivity contribution in [2.24, 2.45) is 0 Å². The van der Waals surface area contributed by atoms with Crippen LogP contribution in [0.4, 0.5) is 23.8 Å². The number of rotatable bonds is 3. The average molecular weight is 552 g/mol. The van der Waals surface area contributed by atoms with Crippen molar-refractivity contribution >= 4 is 23.0 Å². The van der Waals surface area contributed by atoms with Gasteiger partial charge < -0.3 is 20.4 Å². The molecule has 0 aromatic carbocycles. The molecule has 6 heterocycles. The number of alkyl halides is 3. The molecule has 40 heavy (non-hydrogen) atoms. The highest BCUT2D eigenvalue weighted by Crippen LogP contribution is 2.34. The number of hydrogen-bond donors (Lipinski definition) is 1. The summed E-state index contributed by atoms with van der Waals surface area (Å²) in [6.45, 7) is 4.38. The molecular formula is C27H28F3N9O. The molecule has 2 aliphatic heterocycles. The van der Waals surface area contributed by atoms with Gasteiger partial charge in [0.1, 0.15) is 17.0 Å². The lowest BCUT2D eigenvalue weighted by Crippen LogP contribution is -2.51. The molecule has 208 valence electrons. The van der Waals surface area contributed by atoms with Gasteiger partial charge in [0.15, 0.2) is 11.5 Å². The van der Waals surface area contributed by atoms with Crippen LogP contribution in [0.1, 0.15) is 23.7 Å². The Balaban J connectivity index is 1.31. The lowest BCUT2D eigenvalue weighted by molar-refractivity contribution is -0.141. The number of carbonyl (C=O) groups excluding carboxylic acids is 1. The van der Waals surface area contributed by atoms with Crippen molar-refractivity contribution < 1.29 is 18.0 Å². The number of piperazine rings is 1. The molecular weight excluding hydrogens is 523 g/mol. The summed E-state index contributed by atoms with van der Waals surface area (Å²) in [5, 5.41) is 0. The summed E-state index contributed by atoms with van der Waals surface area (Å²) in [5.74, 6) is 0.566. The number of hydrogen-bond acceptors (Lipinski definition) is 7. The normalized spacial score (nSPS) is 18.6. The van der Waals surface area contributed by atoms with E-state index in [4.69, 9.17) is 5.73 Å². The Hall–Kier alpha value is -4.26. The van der Waals surface area contributed by atoms with E-state index in [0.29, 0.717) is 30.2 Å². The molecule has 10 nitrogen and oxygen atoms in total. The van der Waals surface area contributed by atoms with Gasteiger partial charge in [0.2, 0.25) is 0 Å². The van der Waals surface area contributed by atoms with E-state index >= 15 is 0 Å². The molecule has 4 aromatic rings. The number of imidazole rings is 1. The second-order valence-electron chi connectivity index (χ2n) is 10.2. The van der Waals surface area contributed by atoms with Gasteiger partial charge in [-0.25, -0.2) is 19.7 Å². The number of likely N-dealkylation sites (N-methyl/N-ethyl adjacent to an activating group) is 1. The van der Waals surface area contributed by atoms with Gasteiger partial charge in [0.05, 0.1) is 17.4 Å². The van der Waals surface area contributed by atoms with Gasteiger partial charge in [-0.05, 0) is 49.9 Å². The highest BCUT2D eigenvalue weighted by atomic mass is 19.4. The maximum atomic E-state index is 13.5. The molecule has 1 atom stereocenters. The first kappa shape index (κ1) is 26.0. The lowest BCUT2D eigenvalue weighted by atomic mass is 10.0. The van der Waals surface area contributed by atoms with Crippen molar-refractivity contribution in [3.05, 3.63) is 60.2 Å². The zero-order valence-corrected chi connectivity index (χ0v) is 21.8. The van der Waals surface area contributed by atoms with Crippen LogP contribution in [0.25, 0.3) is 28.2 Å². The van der Waals surface area contributed by atoms with E-state index in [1.165, 1.54) is 16.8 Å². The summed E-state index contributed by atoms with van der Waals surface area (Å²) in [6, 6.07) is 9.28. The molecule has 0 spiro atoms. The fraction of sp³-hybridized carbons (Fsp3) is 0.370. The number of pyridine rings is 3. The minimum atomic E-state index is -4.62. The molecule has 1 unspecified atom stereocenters. The van der Waals surface area contributed by atoms with Crippen LogP contribution in [-0.2, 0) is 6.18 Å². The summed E-state index contributed by atoms with van der Waals surface area (Å²) >= 11 is 0. The first-order valence-electron chi connectivity index (χ1n) is 13.1.